The highest BCUT2D eigenvalue weighted by Gasteiger charge is 1.98. The molecule has 76 valence electrons. The predicted molar refractivity (Wildman–Crippen MR) is 66.2 cm³/mol. The normalized spacial score (nSPS) is 10.4. The molecule has 4 nitrogen and oxygen atoms in total. The molecule has 1 heterocycles. The first-order valence-electron chi connectivity index (χ1n) is 3.95. The topological polar surface area (TPSA) is 53.6 Å². The first kappa shape index (κ1) is 10.9. The summed E-state index contributed by atoms with van der Waals surface area (Å²) >= 11 is 6.25. The van der Waals surface area contributed by atoms with Crippen LogP contribution in [0, 0.1) is 0 Å². The van der Waals surface area contributed by atoms with Gasteiger partial charge in [-0.25, -0.2) is 0 Å². The molecule has 0 fully saturated rings. The van der Waals surface area contributed by atoms with E-state index < -0.39 is 0 Å². The minimum Gasteiger partial charge on any atom is -0.375 e. The highest BCUT2D eigenvalue weighted by molar-refractivity contribution is 7.80. The maximum Gasteiger partial charge on any atom is 0.184 e. The quantitative estimate of drug-likeness (QED) is 0.460. The van der Waals surface area contributed by atoms with Gasteiger partial charge in [-0.1, -0.05) is 0 Å². The van der Waals surface area contributed by atoms with Gasteiger partial charge in [0, 0.05) is 19.0 Å². The molecule has 0 aliphatic carbocycles. The lowest BCUT2D eigenvalue weighted by Gasteiger charge is -2.06. The van der Waals surface area contributed by atoms with Gasteiger partial charge in [-0.2, -0.15) is 5.10 Å². The van der Waals surface area contributed by atoms with Crippen molar-refractivity contribution in [2.24, 2.45) is 10.8 Å². The van der Waals surface area contributed by atoms with E-state index in [1.54, 1.807) is 17.6 Å². The van der Waals surface area contributed by atoms with Gasteiger partial charge in [0.25, 0.3) is 0 Å². The van der Waals surface area contributed by atoms with Gasteiger partial charge in [0.1, 0.15) is 0 Å². The number of hydrazone groups is 1. The standard InChI is InChI=1S/C8H12N4S2/c1-12(2)7-4-3-6(14-7)5-10-11-8(9)13/h3-5H,1-2H3,(H3,9,11,13). The minimum absolute atomic E-state index is 0.172. The largest absolute Gasteiger partial charge is 0.375 e. The van der Waals surface area contributed by atoms with Crippen molar-refractivity contribution < 1.29 is 0 Å². The van der Waals surface area contributed by atoms with Crippen LogP contribution in [0.2, 0.25) is 0 Å². The Morgan fingerprint density at radius 3 is 2.86 bits per heavy atom. The minimum atomic E-state index is 0.172. The van der Waals surface area contributed by atoms with E-state index in [-0.39, 0.29) is 5.11 Å². The van der Waals surface area contributed by atoms with Gasteiger partial charge in [-0.3, -0.25) is 5.43 Å². The molecule has 1 aromatic heterocycles. The second kappa shape index (κ2) is 4.92. The molecule has 1 rings (SSSR count). The number of anilines is 1. The number of hydrogen-bond donors (Lipinski definition) is 2. The van der Waals surface area contributed by atoms with Gasteiger partial charge in [0.2, 0.25) is 0 Å². The zero-order chi connectivity index (χ0) is 10.6. The van der Waals surface area contributed by atoms with Gasteiger partial charge >= 0.3 is 0 Å². The van der Waals surface area contributed by atoms with Crippen molar-refractivity contribution in [3.63, 3.8) is 0 Å². The van der Waals surface area contributed by atoms with E-state index in [1.807, 2.05) is 31.1 Å². The summed E-state index contributed by atoms with van der Waals surface area (Å²) in [6, 6.07) is 4.03. The average Bonchev–Trinajstić information content (AvgIpc) is 2.52. The smallest absolute Gasteiger partial charge is 0.184 e. The summed E-state index contributed by atoms with van der Waals surface area (Å²) < 4.78 is 0. The summed E-state index contributed by atoms with van der Waals surface area (Å²) in [5, 5.41) is 5.22. The Bertz CT molecular complexity index is 343. The van der Waals surface area contributed by atoms with Crippen LogP contribution in [0.25, 0.3) is 0 Å². The fraction of sp³-hybridized carbons (Fsp3) is 0.250. The second-order valence-electron chi connectivity index (χ2n) is 2.80. The van der Waals surface area contributed by atoms with Gasteiger partial charge < -0.3 is 10.6 Å². The third-order valence-corrected chi connectivity index (χ3v) is 2.70. The van der Waals surface area contributed by atoms with E-state index in [4.69, 9.17) is 5.73 Å². The van der Waals surface area contributed by atoms with E-state index in [9.17, 15) is 0 Å². The number of nitrogens with one attached hydrogen (secondary N) is 1. The molecule has 0 aliphatic heterocycles. The molecule has 0 aromatic carbocycles. The molecule has 0 amide bonds. The molecule has 0 saturated carbocycles. The van der Waals surface area contributed by atoms with E-state index >= 15 is 0 Å². The summed E-state index contributed by atoms with van der Waals surface area (Å²) in [5.41, 5.74) is 7.72. The molecule has 0 atom stereocenters. The first-order chi connectivity index (χ1) is 6.59. The third-order valence-electron chi connectivity index (χ3n) is 1.42. The molecule has 3 N–H and O–H groups in total. The molecule has 0 saturated heterocycles. The predicted octanol–water partition coefficient (Wildman–Crippen LogP) is 0.981. The first-order valence-corrected chi connectivity index (χ1v) is 5.17. The van der Waals surface area contributed by atoms with Crippen LogP contribution in [0.4, 0.5) is 5.00 Å². The Morgan fingerprint density at radius 1 is 1.64 bits per heavy atom. The Hall–Kier alpha value is -1.14. The molecule has 0 aliphatic rings. The Kier molecular flexibility index (Phi) is 3.84. The van der Waals surface area contributed by atoms with Crippen molar-refractivity contribution in [2.45, 2.75) is 0 Å². The van der Waals surface area contributed by atoms with Crippen LogP contribution < -0.4 is 16.1 Å². The van der Waals surface area contributed by atoms with Crippen LogP contribution in [0.1, 0.15) is 4.88 Å². The van der Waals surface area contributed by atoms with Gasteiger partial charge in [-0.05, 0) is 24.4 Å². The monoisotopic (exact) mass is 228 g/mol. The van der Waals surface area contributed by atoms with Crippen LogP contribution in [-0.2, 0) is 0 Å². The maximum absolute atomic E-state index is 5.21. The van der Waals surface area contributed by atoms with Crippen molar-refractivity contribution in [3.8, 4) is 0 Å². The van der Waals surface area contributed by atoms with Gasteiger partial charge in [0.05, 0.1) is 11.2 Å². The van der Waals surface area contributed by atoms with Crippen molar-refractivity contribution >= 4 is 39.9 Å². The fourth-order valence-corrected chi connectivity index (χ4v) is 1.67. The number of nitrogens with zero attached hydrogens (tertiary/aromatic N) is 2. The van der Waals surface area contributed by atoms with Crippen LogP contribution >= 0.6 is 23.6 Å². The van der Waals surface area contributed by atoms with Crippen molar-refractivity contribution in [2.75, 3.05) is 19.0 Å². The van der Waals surface area contributed by atoms with E-state index in [0.717, 1.165) is 4.88 Å². The number of hydrogen-bond acceptors (Lipinski definition) is 4. The Balaban J connectivity index is 2.59. The van der Waals surface area contributed by atoms with E-state index in [2.05, 4.69) is 22.7 Å². The van der Waals surface area contributed by atoms with Crippen LogP contribution in [-0.4, -0.2) is 25.4 Å². The fourth-order valence-electron chi connectivity index (χ4n) is 0.811. The number of rotatable bonds is 3. The molecule has 0 radical (unpaired) electrons. The molecule has 6 heteroatoms. The highest BCUT2D eigenvalue weighted by atomic mass is 32.1. The van der Waals surface area contributed by atoms with Gasteiger partial charge in [0.15, 0.2) is 5.11 Å². The van der Waals surface area contributed by atoms with E-state index in [0.29, 0.717) is 0 Å². The molecule has 0 unspecified atom stereocenters. The van der Waals surface area contributed by atoms with Crippen LogP contribution in [0.15, 0.2) is 17.2 Å². The van der Waals surface area contributed by atoms with Crippen molar-refractivity contribution in [1.29, 1.82) is 0 Å². The van der Waals surface area contributed by atoms with Crippen molar-refractivity contribution in [1.82, 2.24) is 5.43 Å². The van der Waals surface area contributed by atoms with Crippen molar-refractivity contribution in [3.05, 3.63) is 17.0 Å². The maximum atomic E-state index is 5.21. The van der Waals surface area contributed by atoms with Gasteiger partial charge in [-0.15, -0.1) is 11.3 Å². The SMILES string of the molecule is CN(C)c1ccc(C=NNC(N)=S)s1. The summed E-state index contributed by atoms with van der Waals surface area (Å²) in [6.07, 6.45) is 1.69. The number of nitrogens with two attached hydrogens (primary N) is 1. The lowest BCUT2D eigenvalue weighted by molar-refractivity contribution is 1.04. The summed E-state index contributed by atoms with van der Waals surface area (Å²) in [6.45, 7) is 0. The Morgan fingerprint density at radius 2 is 2.36 bits per heavy atom. The summed E-state index contributed by atoms with van der Waals surface area (Å²) in [7, 11) is 4.00. The van der Waals surface area contributed by atoms with E-state index in [1.165, 1.54) is 5.00 Å². The average molecular weight is 228 g/mol. The lowest BCUT2D eigenvalue weighted by Crippen LogP contribution is -2.23. The second-order valence-corrected chi connectivity index (χ2v) is 4.34. The number of thiophene rings is 1. The molecule has 0 spiro atoms. The zero-order valence-corrected chi connectivity index (χ0v) is 9.65. The summed E-state index contributed by atoms with van der Waals surface area (Å²) in [5.74, 6) is 0. The highest BCUT2D eigenvalue weighted by Crippen LogP contribution is 2.22. The third kappa shape index (κ3) is 3.31. The zero-order valence-electron chi connectivity index (χ0n) is 8.02. The molecular weight excluding hydrogens is 216 g/mol. The molecule has 0 bridgehead atoms. The summed E-state index contributed by atoms with van der Waals surface area (Å²) in [4.78, 5) is 3.10. The Labute approximate surface area is 92.4 Å². The molecular formula is C8H12N4S2. The van der Waals surface area contributed by atoms with Crippen LogP contribution in [0.3, 0.4) is 0 Å². The van der Waals surface area contributed by atoms with Crippen LogP contribution in [0.5, 0.6) is 0 Å². The number of thiocarbonyl (C=S) groups is 1. The molecule has 1 aromatic rings. The lowest BCUT2D eigenvalue weighted by atomic mass is 10.5. The molecule has 14 heavy (non-hydrogen) atoms.